The van der Waals surface area contributed by atoms with Crippen LogP contribution >= 0.6 is 0 Å². The van der Waals surface area contributed by atoms with Crippen molar-refractivity contribution in [3.8, 4) is 0 Å². The Bertz CT molecular complexity index is 512. The molecule has 0 bridgehead atoms. The van der Waals surface area contributed by atoms with Crippen molar-refractivity contribution in [2.45, 2.75) is 38.1 Å². The maximum Gasteiger partial charge on any atom is 0.241 e. The third kappa shape index (κ3) is 3.74. The van der Waals surface area contributed by atoms with Crippen LogP contribution in [0.25, 0.3) is 0 Å². The molecule has 2 amide bonds. The van der Waals surface area contributed by atoms with Crippen LogP contribution in [0.4, 0.5) is 0 Å². The number of amides is 2. The molecule has 2 aliphatic rings. The van der Waals surface area contributed by atoms with Crippen LogP contribution in [0.2, 0.25) is 0 Å². The van der Waals surface area contributed by atoms with E-state index in [-0.39, 0.29) is 17.7 Å². The van der Waals surface area contributed by atoms with E-state index >= 15 is 0 Å². The summed E-state index contributed by atoms with van der Waals surface area (Å²) < 4.78 is 25.0. The fraction of sp³-hybridized carbons (Fsp3) is 0.846. The molecule has 0 aliphatic carbocycles. The Hall–Kier alpha value is -1.15. The summed E-state index contributed by atoms with van der Waals surface area (Å²) in [4.78, 5) is 25.4. The maximum atomic E-state index is 12.6. The molecule has 2 saturated heterocycles. The number of sulfonamides is 1. The lowest BCUT2D eigenvalue weighted by atomic mass is 9.95. The number of hydrogen-bond acceptors (Lipinski definition) is 4. The lowest BCUT2D eigenvalue weighted by molar-refractivity contribution is -0.139. The van der Waals surface area contributed by atoms with Gasteiger partial charge in [0.2, 0.25) is 21.8 Å². The molecule has 7 nitrogen and oxygen atoms in total. The average Bonchev–Trinajstić information content (AvgIpc) is 2.45. The summed E-state index contributed by atoms with van der Waals surface area (Å²) in [5.41, 5.74) is 5.28. The third-order valence-corrected chi connectivity index (χ3v) is 5.66. The van der Waals surface area contributed by atoms with E-state index < -0.39 is 16.1 Å². The maximum absolute atomic E-state index is 12.6. The zero-order valence-electron chi connectivity index (χ0n) is 12.3. The number of carbonyl (C=O) groups excluding carboxylic acids is 2. The molecule has 2 rings (SSSR count). The van der Waals surface area contributed by atoms with Gasteiger partial charge < -0.3 is 10.6 Å². The Kier molecular flexibility index (Phi) is 4.88. The molecule has 0 saturated carbocycles. The van der Waals surface area contributed by atoms with Gasteiger partial charge in [-0.2, -0.15) is 4.31 Å². The van der Waals surface area contributed by atoms with Crippen LogP contribution in [0, 0.1) is 5.92 Å². The van der Waals surface area contributed by atoms with Gasteiger partial charge in [-0.25, -0.2) is 8.42 Å². The van der Waals surface area contributed by atoms with Crippen molar-refractivity contribution in [2.24, 2.45) is 11.7 Å². The van der Waals surface area contributed by atoms with Crippen molar-refractivity contribution < 1.29 is 18.0 Å². The summed E-state index contributed by atoms with van der Waals surface area (Å²) in [5, 5.41) is 0. The number of carbonyl (C=O) groups is 2. The summed E-state index contributed by atoms with van der Waals surface area (Å²) in [6, 6.07) is -0.584. The molecule has 0 aromatic rings. The number of nitrogens with two attached hydrogens (primary N) is 1. The largest absolute Gasteiger partial charge is 0.369 e. The normalized spacial score (nSPS) is 25.8. The van der Waals surface area contributed by atoms with Crippen LogP contribution in [-0.2, 0) is 19.6 Å². The zero-order valence-corrected chi connectivity index (χ0v) is 13.1. The van der Waals surface area contributed by atoms with Crippen molar-refractivity contribution in [1.29, 1.82) is 0 Å². The Morgan fingerprint density at radius 3 is 2.19 bits per heavy atom. The van der Waals surface area contributed by atoms with E-state index in [1.807, 2.05) is 0 Å². The molecule has 2 fully saturated rings. The SMILES string of the molecule is CS(=O)(=O)N1CCCCC1C(=O)N1CCC(C(N)=O)CC1. The Morgan fingerprint density at radius 1 is 1.05 bits per heavy atom. The fourth-order valence-electron chi connectivity index (χ4n) is 3.14. The van der Waals surface area contributed by atoms with Gasteiger partial charge in [-0.1, -0.05) is 6.42 Å². The molecule has 2 N–H and O–H groups in total. The van der Waals surface area contributed by atoms with Gasteiger partial charge in [-0.05, 0) is 25.7 Å². The standard InChI is InChI=1S/C13H23N3O4S/c1-21(19,20)16-7-3-2-4-11(16)13(18)15-8-5-10(6-9-15)12(14)17/h10-11H,2-9H2,1H3,(H2,14,17). The molecule has 0 aromatic carbocycles. The molecule has 8 heteroatoms. The lowest BCUT2D eigenvalue weighted by Gasteiger charge is -2.38. The van der Waals surface area contributed by atoms with Crippen LogP contribution in [0.1, 0.15) is 32.1 Å². The summed E-state index contributed by atoms with van der Waals surface area (Å²) in [5.74, 6) is -0.632. The quantitative estimate of drug-likeness (QED) is 0.760. The number of hydrogen-bond donors (Lipinski definition) is 1. The zero-order chi connectivity index (χ0) is 15.6. The van der Waals surface area contributed by atoms with E-state index in [1.165, 1.54) is 4.31 Å². The van der Waals surface area contributed by atoms with Crippen LogP contribution in [0.15, 0.2) is 0 Å². The first kappa shape index (κ1) is 16.2. The van der Waals surface area contributed by atoms with Gasteiger partial charge >= 0.3 is 0 Å². The first-order valence-electron chi connectivity index (χ1n) is 7.35. The van der Waals surface area contributed by atoms with E-state index in [0.29, 0.717) is 38.9 Å². The number of piperidine rings is 2. The van der Waals surface area contributed by atoms with E-state index in [0.717, 1.165) is 19.1 Å². The minimum absolute atomic E-state index is 0.136. The van der Waals surface area contributed by atoms with E-state index in [2.05, 4.69) is 0 Å². The first-order chi connectivity index (χ1) is 9.80. The molecule has 2 aliphatic heterocycles. The van der Waals surface area contributed by atoms with Gasteiger partial charge in [-0.3, -0.25) is 9.59 Å². The molecule has 1 unspecified atom stereocenters. The molecule has 1 atom stereocenters. The van der Waals surface area contributed by atoms with Gasteiger partial charge in [0.15, 0.2) is 0 Å². The number of likely N-dealkylation sites (tertiary alicyclic amines) is 1. The number of nitrogens with zero attached hydrogens (tertiary/aromatic N) is 2. The molecular formula is C13H23N3O4S. The highest BCUT2D eigenvalue weighted by Gasteiger charge is 2.38. The molecular weight excluding hydrogens is 294 g/mol. The molecule has 2 heterocycles. The predicted octanol–water partition coefficient (Wildman–Crippen LogP) is -0.476. The molecule has 0 radical (unpaired) electrons. The van der Waals surface area contributed by atoms with Gasteiger partial charge in [0, 0.05) is 25.6 Å². The molecule has 0 aromatic heterocycles. The van der Waals surface area contributed by atoms with Crippen LogP contribution < -0.4 is 5.73 Å². The fourth-order valence-corrected chi connectivity index (χ4v) is 4.26. The topological polar surface area (TPSA) is 101 Å². The lowest BCUT2D eigenvalue weighted by Crippen LogP contribution is -2.54. The Morgan fingerprint density at radius 2 is 1.67 bits per heavy atom. The minimum atomic E-state index is -3.37. The highest BCUT2D eigenvalue weighted by molar-refractivity contribution is 7.88. The third-order valence-electron chi connectivity index (χ3n) is 4.37. The van der Waals surface area contributed by atoms with Crippen LogP contribution in [-0.4, -0.2) is 61.4 Å². The van der Waals surface area contributed by atoms with Crippen molar-refractivity contribution in [2.75, 3.05) is 25.9 Å². The summed E-state index contributed by atoms with van der Waals surface area (Å²) in [6.07, 6.45) is 4.50. The van der Waals surface area contributed by atoms with Crippen LogP contribution in [0.5, 0.6) is 0 Å². The number of primary amides is 1. The Balaban J connectivity index is 2.03. The monoisotopic (exact) mass is 317 g/mol. The number of rotatable bonds is 3. The molecule has 21 heavy (non-hydrogen) atoms. The van der Waals surface area contributed by atoms with Gasteiger partial charge in [-0.15, -0.1) is 0 Å². The van der Waals surface area contributed by atoms with Crippen LogP contribution in [0.3, 0.4) is 0 Å². The van der Waals surface area contributed by atoms with E-state index in [1.54, 1.807) is 4.90 Å². The average molecular weight is 317 g/mol. The molecule has 0 spiro atoms. The van der Waals surface area contributed by atoms with Crippen molar-refractivity contribution in [3.63, 3.8) is 0 Å². The first-order valence-corrected chi connectivity index (χ1v) is 9.20. The van der Waals surface area contributed by atoms with Crippen molar-refractivity contribution in [1.82, 2.24) is 9.21 Å². The van der Waals surface area contributed by atoms with Crippen molar-refractivity contribution in [3.05, 3.63) is 0 Å². The summed E-state index contributed by atoms with van der Waals surface area (Å²) in [7, 11) is -3.37. The second-order valence-electron chi connectivity index (χ2n) is 5.89. The van der Waals surface area contributed by atoms with Crippen molar-refractivity contribution >= 4 is 21.8 Å². The van der Waals surface area contributed by atoms with Gasteiger partial charge in [0.05, 0.1) is 6.26 Å². The van der Waals surface area contributed by atoms with E-state index in [9.17, 15) is 18.0 Å². The highest BCUT2D eigenvalue weighted by atomic mass is 32.2. The summed E-state index contributed by atoms with van der Waals surface area (Å²) in [6.45, 7) is 1.36. The second kappa shape index (κ2) is 6.31. The summed E-state index contributed by atoms with van der Waals surface area (Å²) >= 11 is 0. The highest BCUT2D eigenvalue weighted by Crippen LogP contribution is 2.24. The predicted molar refractivity (Wildman–Crippen MR) is 77.7 cm³/mol. The minimum Gasteiger partial charge on any atom is -0.369 e. The van der Waals surface area contributed by atoms with Gasteiger partial charge in [0.1, 0.15) is 6.04 Å². The smallest absolute Gasteiger partial charge is 0.241 e. The molecule has 120 valence electrons. The Labute approximate surface area is 125 Å². The van der Waals surface area contributed by atoms with Gasteiger partial charge in [0.25, 0.3) is 0 Å². The van der Waals surface area contributed by atoms with E-state index in [4.69, 9.17) is 5.73 Å². The second-order valence-corrected chi connectivity index (χ2v) is 7.82.